The molecule has 0 fully saturated rings. The van der Waals surface area contributed by atoms with Crippen molar-refractivity contribution in [1.29, 1.82) is 0 Å². The summed E-state index contributed by atoms with van der Waals surface area (Å²) in [5.74, 6) is -0.907. The van der Waals surface area contributed by atoms with Gasteiger partial charge >= 0.3 is 0 Å². The Morgan fingerprint density at radius 2 is 1.84 bits per heavy atom. The van der Waals surface area contributed by atoms with Gasteiger partial charge in [-0.05, 0) is 36.4 Å². The van der Waals surface area contributed by atoms with Crippen LogP contribution in [0.1, 0.15) is 16.2 Å². The summed E-state index contributed by atoms with van der Waals surface area (Å²) in [4.78, 5) is 12.0. The first-order chi connectivity index (χ1) is 12.1. The molecule has 3 aromatic rings. The fourth-order valence-corrected chi connectivity index (χ4v) is 2.67. The average molecular weight is 361 g/mol. The normalized spacial score (nSPS) is 10.6. The molecule has 5 nitrogen and oxygen atoms in total. The highest BCUT2D eigenvalue weighted by atomic mass is 32.2. The number of carbonyl (C=O) groups excluding carboxylic acids is 1. The maximum atomic E-state index is 13.5. The van der Waals surface area contributed by atoms with Gasteiger partial charge in [0.1, 0.15) is 11.6 Å². The molecular formula is C17H13F2N3O2S. The molecule has 1 N–H and O–H groups in total. The molecule has 0 amide bonds. The standard InChI is InChI=1S/C17H13F2N3O2S/c18-11-5-7-12(8-6-11)20-9-16-21-22-17(24-16)25-10-15(23)13-3-1-2-4-14(13)19/h1-8,20H,9-10H2. The van der Waals surface area contributed by atoms with Gasteiger partial charge in [-0.15, -0.1) is 10.2 Å². The summed E-state index contributed by atoms with van der Waals surface area (Å²) in [6.07, 6.45) is 0. The monoisotopic (exact) mass is 361 g/mol. The van der Waals surface area contributed by atoms with E-state index in [2.05, 4.69) is 15.5 Å². The predicted octanol–water partition coefficient (Wildman–Crippen LogP) is 3.93. The Kier molecular flexibility index (Phi) is 5.39. The minimum atomic E-state index is -0.553. The van der Waals surface area contributed by atoms with E-state index in [-0.39, 0.29) is 34.7 Å². The topological polar surface area (TPSA) is 68.0 Å². The molecular weight excluding hydrogens is 348 g/mol. The molecule has 0 aliphatic heterocycles. The van der Waals surface area contributed by atoms with Gasteiger partial charge in [0.25, 0.3) is 5.22 Å². The second-order valence-corrected chi connectivity index (χ2v) is 5.94. The van der Waals surface area contributed by atoms with Crippen molar-refractivity contribution in [3.8, 4) is 0 Å². The minimum absolute atomic E-state index is 0.00599. The number of benzene rings is 2. The third-order valence-electron chi connectivity index (χ3n) is 3.24. The van der Waals surface area contributed by atoms with Crippen molar-refractivity contribution in [2.45, 2.75) is 11.8 Å². The van der Waals surface area contributed by atoms with Gasteiger partial charge in [0.2, 0.25) is 5.89 Å². The Morgan fingerprint density at radius 1 is 1.08 bits per heavy atom. The molecule has 128 valence electrons. The number of ketones is 1. The van der Waals surface area contributed by atoms with Crippen LogP contribution < -0.4 is 5.32 Å². The van der Waals surface area contributed by atoms with Crippen molar-refractivity contribution in [3.63, 3.8) is 0 Å². The van der Waals surface area contributed by atoms with Crippen molar-refractivity contribution in [1.82, 2.24) is 10.2 Å². The highest BCUT2D eigenvalue weighted by Crippen LogP contribution is 2.19. The quantitative estimate of drug-likeness (QED) is 0.508. The Balaban J connectivity index is 1.52. The van der Waals surface area contributed by atoms with Crippen LogP contribution in [0.3, 0.4) is 0 Å². The van der Waals surface area contributed by atoms with Gasteiger partial charge in [0, 0.05) is 5.69 Å². The number of halogens is 2. The van der Waals surface area contributed by atoms with Gasteiger partial charge in [-0.25, -0.2) is 8.78 Å². The fourth-order valence-electron chi connectivity index (χ4n) is 2.01. The van der Waals surface area contributed by atoms with Crippen LogP contribution in [0.25, 0.3) is 0 Å². The summed E-state index contributed by atoms with van der Waals surface area (Å²) in [7, 11) is 0. The summed E-state index contributed by atoms with van der Waals surface area (Å²) in [6, 6.07) is 11.7. The summed E-state index contributed by atoms with van der Waals surface area (Å²) < 4.78 is 31.8. The maximum Gasteiger partial charge on any atom is 0.277 e. The van der Waals surface area contributed by atoms with Crippen molar-refractivity contribution in [2.75, 3.05) is 11.1 Å². The molecule has 25 heavy (non-hydrogen) atoms. The second-order valence-electron chi connectivity index (χ2n) is 5.01. The van der Waals surface area contributed by atoms with Gasteiger partial charge < -0.3 is 9.73 Å². The Bertz CT molecular complexity index is 868. The van der Waals surface area contributed by atoms with Gasteiger partial charge in [-0.1, -0.05) is 23.9 Å². The average Bonchev–Trinajstić information content (AvgIpc) is 3.07. The van der Waals surface area contributed by atoms with E-state index < -0.39 is 5.82 Å². The van der Waals surface area contributed by atoms with Crippen molar-refractivity contribution in [2.24, 2.45) is 0 Å². The van der Waals surface area contributed by atoms with E-state index in [1.54, 1.807) is 18.2 Å². The largest absolute Gasteiger partial charge is 0.414 e. The van der Waals surface area contributed by atoms with Crippen LogP contribution in [-0.2, 0) is 6.54 Å². The molecule has 3 rings (SSSR count). The molecule has 1 aromatic heterocycles. The SMILES string of the molecule is O=C(CSc1nnc(CNc2ccc(F)cc2)o1)c1ccccc1F. The number of nitrogens with one attached hydrogen (secondary N) is 1. The zero-order chi connectivity index (χ0) is 17.6. The first kappa shape index (κ1) is 17.1. The fraction of sp³-hybridized carbons (Fsp3) is 0.118. The van der Waals surface area contributed by atoms with Gasteiger partial charge in [-0.3, -0.25) is 4.79 Å². The first-order valence-corrected chi connectivity index (χ1v) is 8.33. The third kappa shape index (κ3) is 4.63. The molecule has 2 aromatic carbocycles. The Morgan fingerprint density at radius 3 is 2.60 bits per heavy atom. The summed E-state index contributed by atoms with van der Waals surface area (Å²) in [5.41, 5.74) is 0.747. The molecule has 0 aliphatic carbocycles. The molecule has 0 saturated heterocycles. The van der Waals surface area contributed by atoms with E-state index in [4.69, 9.17) is 4.42 Å². The molecule has 0 bridgehead atoms. The molecule has 0 radical (unpaired) electrons. The highest BCUT2D eigenvalue weighted by molar-refractivity contribution is 7.99. The molecule has 0 atom stereocenters. The van der Waals surface area contributed by atoms with Gasteiger partial charge in [0.15, 0.2) is 5.78 Å². The van der Waals surface area contributed by atoms with Gasteiger partial charge in [0.05, 0.1) is 17.9 Å². The van der Waals surface area contributed by atoms with Crippen LogP contribution in [0.4, 0.5) is 14.5 Å². The number of hydrogen-bond acceptors (Lipinski definition) is 6. The van der Waals surface area contributed by atoms with E-state index in [0.717, 1.165) is 11.8 Å². The molecule has 0 aliphatic rings. The van der Waals surface area contributed by atoms with E-state index in [1.807, 2.05) is 0 Å². The predicted molar refractivity (Wildman–Crippen MR) is 89.5 cm³/mol. The van der Waals surface area contributed by atoms with E-state index in [1.165, 1.54) is 30.3 Å². The maximum absolute atomic E-state index is 13.5. The number of rotatable bonds is 7. The third-order valence-corrected chi connectivity index (χ3v) is 4.06. The number of thioether (sulfide) groups is 1. The van der Waals surface area contributed by atoms with E-state index in [9.17, 15) is 13.6 Å². The minimum Gasteiger partial charge on any atom is -0.414 e. The summed E-state index contributed by atoms with van der Waals surface area (Å²) >= 11 is 1.04. The molecule has 0 spiro atoms. The van der Waals surface area contributed by atoms with Crippen LogP contribution in [0.2, 0.25) is 0 Å². The Labute approximate surface area is 146 Å². The van der Waals surface area contributed by atoms with E-state index in [0.29, 0.717) is 11.6 Å². The first-order valence-electron chi connectivity index (χ1n) is 7.34. The molecule has 1 heterocycles. The highest BCUT2D eigenvalue weighted by Gasteiger charge is 2.14. The smallest absolute Gasteiger partial charge is 0.277 e. The lowest BCUT2D eigenvalue weighted by Gasteiger charge is -2.02. The van der Waals surface area contributed by atoms with E-state index >= 15 is 0 Å². The zero-order valence-electron chi connectivity index (χ0n) is 12.9. The zero-order valence-corrected chi connectivity index (χ0v) is 13.7. The number of Topliss-reactive ketones (excluding diaryl/α,β-unsaturated/α-hetero) is 1. The Hall–Kier alpha value is -2.74. The lowest BCUT2D eigenvalue weighted by molar-refractivity contribution is 0.101. The summed E-state index contributed by atoms with van der Waals surface area (Å²) in [5, 5.41) is 10.9. The molecule has 8 heteroatoms. The van der Waals surface area contributed by atoms with Crippen LogP contribution in [0, 0.1) is 11.6 Å². The number of aromatic nitrogens is 2. The number of anilines is 1. The molecule has 0 saturated carbocycles. The van der Waals surface area contributed by atoms with Crippen molar-refractivity contribution < 1.29 is 18.0 Å². The van der Waals surface area contributed by atoms with Crippen molar-refractivity contribution in [3.05, 3.63) is 71.6 Å². The lowest BCUT2D eigenvalue weighted by Crippen LogP contribution is -2.04. The number of nitrogens with zero attached hydrogens (tertiary/aromatic N) is 2. The van der Waals surface area contributed by atoms with Crippen LogP contribution >= 0.6 is 11.8 Å². The van der Waals surface area contributed by atoms with Crippen molar-refractivity contribution >= 4 is 23.2 Å². The van der Waals surface area contributed by atoms with Crippen LogP contribution in [-0.4, -0.2) is 21.7 Å². The van der Waals surface area contributed by atoms with Gasteiger partial charge in [-0.2, -0.15) is 0 Å². The summed E-state index contributed by atoms with van der Waals surface area (Å²) in [6.45, 7) is 0.264. The number of carbonyl (C=O) groups is 1. The number of hydrogen-bond donors (Lipinski definition) is 1. The van der Waals surface area contributed by atoms with Crippen LogP contribution in [0.5, 0.6) is 0 Å². The lowest BCUT2D eigenvalue weighted by atomic mass is 10.1. The second kappa shape index (κ2) is 7.89. The molecule has 0 unspecified atom stereocenters. The van der Waals surface area contributed by atoms with Crippen LogP contribution in [0.15, 0.2) is 58.2 Å².